The fourth-order valence-electron chi connectivity index (χ4n) is 1.43. The molecule has 1 N–H and O–H groups in total. The lowest BCUT2D eigenvalue weighted by molar-refractivity contribution is 0.462. The maximum Gasteiger partial charge on any atom is 0.380 e. The molecule has 0 spiro atoms. The molecule has 0 amide bonds. The van der Waals surface area contributed by atoms with Crippen molar-refractivity contribution in [2.24, 2.45) is 4.15 Å². The first kappa shape index (κ1) is 15.0. The Morgan fingerprint density at radius 3 is 1.27 bits per heavy atom. The van der Waals surface area contributed by atoms with E-state index in [2.05, 4.69) is 4.15 Å². The molecule has 92 valence electrons. The van der Waals surface area contributed by atoms with Crippen molar-refractivity contribution < 1.29 is 13.0 Å². The topological polar surface area (TPSA) is 76.4 Å². The molecule has 0 bridgehead atoms. The van der Waals surface area contributed by atoms with Crippen molar-refractivity contribution >= 4 is 17.8 Å². The van der Waals surface area contributed by atoms with Gasteiger partial charge in [-0.25, -0.2) is 0 Å². The predicted molar refractivity (Wildman–Crippen MR) is 62.0 cm³/mol. The maximum atomic E-state index is 10.9. The molecule has 7 nitrogen and oxygen atoms in total. The molecule has 0 saturated carbocycles. The highest BCUT2D eigenvalue weighted by atomic mass is 32.2. The third-order valence-electron chi connectivity index (χ3n) is 1.82. The van der Waals surface area contributed by atoms with Crippen LogP contribution in [0.2, 0.25) is 0 Å². The van der Waals surface area contributed by atoms with Crippen LogP contribution in [-0.4, -0.2) is 69.3 Å². The summed E-state index contributed by atoms with van der Waals surface area (Å²) in [6.45, 7) is 0. The van der Waals surface area contributed by atoms with Crippen LogP contribution in [0, 0.1) is 0 Å². The van der Waals surface area contributed by atoms with Crippen LogP contribution in [0.1, 0.15) is 0 Å². The molecule has 0 aliphatic carbocycles. The first-order chi connectivity index (χ1) is 6.54. The van der Waals surface area contributed by atoms with Gasteiger partial charge in [-0.15, -0.1) is 4.15 Å². The summed E-state index contributed by atoms with van der Waals surface area (Å²) in [7, 11) is 3.43. The van der Waals surface area contributed by atoms with Crippen LogP contribution < -0.4 is 0 Å². The Morgan fingerprint density at radius 1 is 0.933 bits per heavy atom. The van der Waals surface area contributed by atoms with E-state index in [9.17, 15) is 8.42 Å². The van der Waals surface area contributed by atoms with Crippen molar-refractivity contribution in [3.8, 4) is 0 Å². The van der Waals surface area contributed by atoms with Gasteiger partial charge in [-0.05, 0) is 42.3 Å². The van der Waals surface area contributed by atoms with Gasteiger partial charge in [-0.3, -0.25) is 18.6 Å². The highest BCUT2D eigenvalue weighted by Crippen LogP contribution is 2.55. The molecule has 9 heteroatoms. The molecule has 0 saturated heterocycles. The lowest BCUT2D eigenvalue weighted by atomic mass is 11.2. The predicted octanol–water partition coefficient (Wildman–Crippen LogP) is 0.420. The van der Waals surface area contributed by atoms with Crippen LogP contribution in [-0.2, 0) is 10.3 Å². The van der Waals surface area contributed by atoms with E-state index in [0.717, 1.165) is 0 Å². The minimum absolute atomic E-state index is 1.70. The van der Waals surface area contributed by atoms with E-state index in [4.69, 9.17) is 4.55 Å². The van der Waals surface area contributed by atoms with E-state index < -0.39 is 17.8 Å². The fourth-order valence-corrected chi connectivity index (χ4v) is 6.44. The van der Waals surface area contributed by atoms with E-state index in [0.29, 0.717) is 0 Å². The zero-order valence-corrected chi connectivity index (χ0v) is 11.6. The van der Waals surface area contributed by atoms with Crippen LogP contribution in [0.25, 0.3) is 0 Å². The van der Waals surface area contributed by atoms with Crippen LogP contribution in [0.3, 0.4) is 0 Å². The van der Waals surface area contributed by atoms with Crippen LogP contribution >= 0.6 is 7.51 Å². The van der Waals surface area contributed by atoms with Gasteiger partial charge in [0.1, 0.15) is 0 Å². The van der Waals surface area contributed by atoms with Crippen LogP contribution in [0.15, 0.2) is 4.15 Å². The largest absolute Gasteiger partial charge is 0.380 e. The summed E-state index contributed by atoms with van der Waals surface area (Å²) in [5.41, 5.74) is 0. The Labute approximate surface area is 91.8 Å². The summed E-state index contributed by atoms with van der Waals surface area (Å²) in [6, 6.07) is 0. The summed E-state index contributed by atoms with van der Waals surface area (Å²) in [5.74, 6) is 0. The molecule has 0 heterocycles. The smallest absolute Gasteiger partial charge is 0.268 e. The second kappa shape index (κ2) is 4.90. The molecular weight excluding hydrogens is 239 g/mol. The van der Waals surface area contributed by atoms with Gasteiger partial charge in [0.05, 0.1) is 0 Å². The Kier molecular flexibility index (Phi) is 4.91. The van der Waals surface area contributed by atoms with Crippen molar-refractivity contribution in [3.05, 3.63) is 0 Å². The van der Waals surface area contributed by atoms with E-state index in [1.807, 2.05) is 0 Å². The monoisotopic (exact) mass is 258 g/mol. The van der Waals surface area contributed by atoms with Gasteiger partial charge in [-0.1, -0.05) is 0 Å². The summed E-state index contributed by atoms with van der Waals surface area (Å²) >= 11 is 0. The van der Waals surface area contributed by atoms with Gasteiger partial charge in [-0.2, -0.15) is 8.42 Å². The van der Waals surface area contributed by atoms with Crippen molar-refractivity contribution in [2.45, 2.75) is 0 Å². The standard InChI is InChI=1S/C6H19N4O3PS/c1-8(2)14(9(3)4,10(5)6)7-15(11,12)13/h1-6H3,(H,11,12,13). The highest BCUT2D eigenvalue weighted by molar-refractivity contribution is 7.88. The van der Waals surface area contributed by atoms with E-state index >= 15 is 0 Å². The fraction of sp³-hybridized carbons (Fsp3) is 1.00. The average molecular weight is 258 g/mol. The second-order valence-electron chi connectivity index (χ2n) is 3.61. The van der Waals surface area contributed by atoms with Gasteiger partial charge < -0.3 is 0 Å². The Balaban J connectivity index is 5.88. The third-order valence-corrected chi connectivity index (χ3v) is 6.74. The first-order valence-corrected chi connectivity index (χ1v) is 7.18. The zero-order chi connectivity index (χ0) is 12.4. The van der Waals surface area contributed by atoms with Gasteiger partial charge in [0.25, 0.3) is 0 Å². The lowest BCUT2D eigenvalue weighted by Gasteiger charge is -2.39. The molecule has 0 atom stereocenters. The minimum Gasteiger partial charge on any atom is -0.268 e. The zero-order valence-electron chi connectivity index (χ0n) is 9.91. The van der Waals surface area contributed by atoms with E-state index in [1.165, 1.54) is 0 Å². The average Bonchev–Trinajstić information content (AvgIpc) is 1.96. The van der Waals surface area contributed by atoms with Crippen molar-refractivity contribution in [1.82, 2.24) is 14.0 Å². The molecule has 0 aromatic carbocycles. The minimum atomic E-state index is -4.37. The number of nitrogens with zero attached hydrogens (tertiary/aromatic N) is 4. The van der Waals surface area contributed by atoms with Crippen molar-refractivity contribution in [2.75, 3.05) is 42.3 Å². The lowest BCUT2D eigenvalue weighted by Crippen LogP contribution is -2.31. The first-order valence-electron chi connectivity index (χ1n) is 4.18. The molecule has 0 rings (SSSR count). The SMILES string of the molecule is CN(C)P(=NS(=O)(=O)O)(N(C)C)N(C)C. The van der Waals surface area contributed by atoms with Gasteiger partial charge in [0.15, 0.2) is 7.51 Å². The summed E-state index contributed by atoms with van der Waals surface area (Å²) in [5, 5.41) is 0. The molecular formula is C6H19N4O3PS. The molecule has 0 aromatic heterocycles. The molecule has 0 radical (unpaired) electrons. The highest BCUT2D eigenvalue weighted by Gasteiger charge is 2.31. The third kappa shape index (κ3) is 3.51. The quantitative estimate of drug-likeness (QED) is 0.582. The summed E-state index contributed by atoms with van der Waals surface area (Å²) in [4.78, 5) is 0. The maximum absolute atomic E-state index is 10.9. The van der Waals surface area contributed by atoms with Crippen LogP contribution in [0.5, 0.6) is 0 Å². The van der Waals surface area contributed by atoms with E-state index in [-0.39, 0.29) is 0 Å². The normalized spacial score (nSPS) is 14.0. The van der Waals surface area contributed by atoms with Crippen LogP contribution in [0.4, 0.5) is 0 Å². The van der Waals surface area contributed by atoms with Gasteiger partial charge in [0, 0.05) is 0 Å². The van der Waals surface area contributed by atoms with Crippen molar-refractivity contribution in [3.63, 3.8) is 0 Å². The Bertz CT molecular complexity index is 334. The molecule has 15 heavy (non-hydrogen) atoms. The van der Waals surface area contributed by atoms with E-state index in [1.54, 1.807) is 56.3 Å². The molecule has 0 fully saturated rings. The molecule has 0 aromatic rings. The Hall–Kier alpha value is 0.0200. The van der Waals surface area contributed by atoms with Gasteiger partial charge in [0.2, 0.25) is 0 Å². The Morgan fingerprint density at radius 2 is 1.20 bits per heavy atom. The van der Waals surface area contributed by atoms with Gasteiger partial charge >= 0.3 is 10.3 Å². The molecule has 0 aliphatic rings. The molecule has 0 unspecified atom stereocenters. The molecule has 0 aliphatic heterocycles. The summed E-state index contributed by atoms with van der Waals surface area (Å²) in [6.07, 6.45) is 0. The number of hydrogen-bond acceptors (Lipinski definition) is 2. The summed E-state index contributed by atoms with van der Waals surface area (Å²) < 4.78 is 39.3. The number of rotatable bonds is 4. The number of hydrogen-bond donors (Lipinski definition) is 1. The second-order valence-corrected chi connectivity index (χ2v) is 8.63. The van der Waals surface area contributed by atoms with Crippen molar-refractivity contribution in [1.29, 1.82) is 0 Å².